The predicted molar refractivity (Wildman–Crippen MR) is 124 cm³/mol. The smallest absolute Gasteiger partial charge is 0.175 e. The first-order valence-electron chi connectivity index (χ1n) is 9.96. The Kier molecular flexibility index (Phi) is 10.2. The number of ether oxygens (including phenoxy) is 4. The van der Waals surface area contributed by atoms with Gasteiger partial charge < -0.3 is 34.5 Å². The van der Waals surface area contributed by atoms with Crippen molar-refractivity contribution in [2.45, 2.75) is 32.0 Å². The van der Waals surface area contributed by atoms with Crippen LogP contribution in [0.4, 0.5) is 0 Å². The molecule has 7 nitrogen and oxygen atoms in total. The van der Waals surface area contributed by atoms with Gasteiger partial charge in [-0.15, -0.1) is 12.4 Å². The molecule has 0 saturated heterocycles. The van der Waals surface area contributed by atoms with E-state index in [9.17, 15) is 10.2 Å². The number of methoxy groups -OCH3 is 1. The minimum Gasteiger partial charge on any atom is -0.493 e. The highest BCUT2D eigenvalue weighted by Gasteiger charge is 2.18. The molecular formula is C22H29BrClNO6. The normalized spacial score (nSPS) is 14.4. The molecule has 0 aliphatic carbocycles. The van der Waals surface area contributed by atoms with E-state index in [0.717, 1.165) is 16.5 Å². The average molecular weight is 519 g/mol. The monoisotopic (exact) mass is 517 g/mol. The van der Waals surface area contributed by atoms with Crippen LogP contribution in [0.15, 0.2) is 34.8 Å². The average Bonchev–Trinajstić information content (AvgIpc) is 2.78. The number of benzene rings is 2. The standard InChI is InChI=1S/C22H28BrNO6.ClH/c1-3-16(12-25)24-11-14-8-17(23)22(21(9-14)27-2)30-13-18(26)15-4-5-19-20(10-15)29-7-6-28-19;/h4-5,8-10,16,18,24-26H,3,6-7,11-13H2,1-2H3;1H. The first-order chi connectivity index (χ1) is 14.5. The molecular weight excluding hydrogens is 490 g/mol. The summed E-state index contributed by atoms with van der Waals surface area (Å²) in [4.78, 5) is 0. The van der Waals surface area contributed by atoms with Gasteiger partial charge in [0.25, 0.3) is 0 Å². The van der Waals surface area contributed by atoms with Crippen LogP contribution in [0, 0.1) is 0 Å². The van der Waals surface area contributed by atoms with Gasteiger partial charge in [0.05, 0.1) is 18.2 Å². The third-order valence-electron chi connectivity index (χ3n) is 4.93. The Morgan fingerprint density at radius 1 is 1.16 bits per heavy atom. The predicted octanol–water partition coefficient (Wildman–Crippen LogP) is 3.62. The van der Waals surface area contributed by atoms with Crippen molar-refractivity contribution in [2.24, 2.45) is 0 Å². The number of hydrogen-bond acceptors (Lipinski definition) is 7. The van der Waals surface area contributed by atoms with Crippen molar-refractivity contribution in [3.05, 3.63) is 45.9 Å². The number of hydrogen-bond donors (Lipinski definition) is 3. The molecule has 1 aliphatic heterocycles. The molecule has 2 aromatic carbocycles. The quantitative estimate of drug-likeness (QED) is 0.443. The van der Waals surface area contributed by atoms with E-state index in [-0.39, 0.29) is 31.7 Å². The lowest BCUT2D eigenvalue weighted by Crippen LogP contribution is -2.31. The van der Waals surface area contributed by atoms with Crippen molar-refractivity contribution in [3.63, 3.8) is 0 Å². The van der Waals surface area contributed by atoms with E-state index in [4.69, 9.17) is 18.9 Å². The van der Waals surface area contributed by atoms with E-state index in [0.29, 0.717) is 48.3 Å². The molecule has 1 aliphatic rings. The summed E-state index contributed by atoms with van der Waals surface area (Å²) in [5.41, 5.74) is 1.68. The van der Waals surface area contributed by atoms with Crippen LogP contribution in [-0.4, -0.2) is 49.8 Å². The molecule has 0 radical (unpaired) electrons. The minimum atomic E-state index is -0.839. The number of halogens is 2. The second kappa shape index (κ2) is 12.4. The minimum absolute atomic E-state index is 0. The lowest BCUT2D eigenvalue weighted by Gasteiger charge is -2.21. The van der Waals surface area contributed by atoms with Gasteiger partial charge in [-0.25, -0.2) is 0 Å². The van der Waals surface area contributed by atoms with Crippen LogP contribution in [0.3, 0.4) is 0 Å². The summed E-state index contributed by atoms with van der Waals surface area (Å²) in [6.45, 7) is 3.77. The van der Waals surface area contributed by atoms with Crippen LogP contribution < -0.4 is 24.3 Å². The Morgan fingerprint density at radius 2 is 1.90 bits per heavy atom. The Hall–Kier alpha value is -1.71. The van der Waals surface area contributed by atoms with Gasteiger partial charge >= 0.3 is 0 Å². The Labute approximate surface area is 197 Å². The maximum atomic E-state index is 10.6. The first kappa shape index (κ1) is 25.5. The molecule has 0 bridgehead atoms. The van der Waals surface area contributed by atoms with Crippen LogP contribution in [0.5, 0.6) is 23.0 Å². The van der Waals surface area contributed by atoms with Crippen LogP contribution >= 0.6 is 28.3 Å². The van der Waals surface area contributed by atoms with Gasteiger partial charge in [-0.05, 0) is 57.7 Å². The van der Waals surface area contributed by atoms with E-state index >= 15 is 0 Å². The fourth-order valence-electron chi connectivity index (χ4n) is 3.14. The fourth-order valence-corrected chi connectivity index (χ4v) is 3.75. The maximum Gasteiger partial charge on any atom is 0.175 e. The first-order valence-corrected chi connectivity index (χ1v) is 10.8. The third kappa shape index (κ3) is 6.63. The van der Waals surface area contributed by atoms with Gasteiger partial charge in [0.2, 0.25) is 0 Å². The second-order valence-electron chi connectivity index (χ2n) is 7.01. The van der Waals surface area contributed by atoms with Crippen LogP contribution in [0.1, 0.15) is 30.6 Å². The summed E-state index contributed by atoms with van der Waals surface area (Å²) in [5.74, 6) is 2.39. The molecule has 2 atom stereocenters. The molecule has 2 unspecified atom stereocenters. The van der Waals surface area contributed by atoms with Gasteiger partial charge in [-0.3, -0.25) is 0 Å². The third-order valence-corrected chi connectivity index (χ3v) is 5.52. The van der Waals surface area contributed by atoms with Gasteiger partial charge in [0, 0.05) is 12.6 Å². The number of fused-ring (bicyclic) bond motifs is 1. The van der Waals surface area contributed by atoms with E-state index < -0.39 is 6.10 Å². The molecule has 172 valence electrons. The van der Waals surface area contributed by atoms with Crippen LogP contribution in [0.2, 0.25) is 0 Å². The molecule has 0 fully saturated rings. The zero-order chi connectivity index (χ0) is 21.5. The van der Waals surface area contributed by atoms with Crippen molar-refractivity contribution in [1.29, 1.82) is 0 Å². The molecule has 0 spiro atoms. The van der Waals surface area contributed by atoms with Crippen LogP contribution in [-0.2, 0) is 6.54 Å². The van der Waals surface area contributed by atoms with E-state index in [1.165, 1.54) is 0 Å². The summed E-state index contributed by atoms with van der Waals surface area (Å²) >= 11 is 3.54. The highest BCUT2D eigenvalue weighted by atomic mass is 79.9. The molecule has 2 aromatic rings. The van der Waals surface area contributed by atoms with Crippen molar-refractivity contribution < 1.29 is 29.2 Å². The number of aliphatic hydroxyl groups excluding tert-OH is 2. The highest BCUT2D eigenvalue weighted by Crippen LogP contribution is 2.38. The number of nitrogens with one attached hydrogen (secondary N) is 1. The van der Waals surface area contributed by atoms with Crippen molar-refractivity contribution in [2.75, 3.05) is 33.5 Å². The molecule has 0 aromatic heterocycles. The maximum absolute atomic E-state index is 10.6. The molecule has 0 saturated carbocycles. The summed E-state index contributed by atoms with van der Waals surface area (Å²) in [6.07, 6.45) is 0.00180. The van der Waals surface area contributed by atoms with Gasteiger partial charge in [-0.2, -0.15) is 0 Å². The Bertz CT molecular complexity index is 849. The molecule has 0 amide bonds. The van der Waals surface area contributed by atoms with Crippen molar-refractivity contribution >= 4 is 28.3 Å². The zero-order valence-electron chi connectivity index (χ0n) is 17.6. The Balaban J connectivity index is 0.00000341. The van der Waals surface area contributed by atoms with Crippen molar-refractivity contribution in [1.82, 2.24) is 5.32 Å². The van der Waals surface area contributed by atoms with E-state index in [2.05, 4.69) is 21.2 Å². The van der Waals surface area contributed by atoms with Gasteiger partial charge in [0.15, 0.2) is 23.0 Å². The molecule has 9 heteroatoms. The lowest BCUT2D eigenvalue weighted by molar-refractivity contribution is 0.105. The SMILES string of the molecule is CCC(CO)NCc1cc(Br)c(OCC(O)c2ccc3c(c2)OCCO3)c(OC)c1.Cl. The summed E-state index contributed by atoms with van der Waals surface area (Å²) < 4.78 is 23.2. The lowest BCUT2D eigenvalue weighted by atomic mass is 10.1. The summed E-state index contributed by atoms with van der Waals surface area (Å²) in [7, 11) is 1.58. The van der Waals surface area contributed by atoms with E-state index in [1.54, 1.807) is 25.3 Å². The molecule has 3 N–H and O–H groups in total. The Morgan fingerprint density at radius 3 is 2.58 bits per heavy atom. The van der Waals surface area contributed by atoms with Crippen molar-refractivity contribution in [3.8, 4) is 23.0 Å². The van der Waals surface area contributed by atoms with Crippen LogP contribution in [0.25, 0.3) is 0 Å². The molecule has 31 heavy (non-hydrogen) atoms. The number of rotatable bonds is 10. The zero-order valence-corrected chi connectivity index (χ0v) is 20.0. The van der Waals surface area contributed by atoms with E-state index in [1.807, 2.05) is 19.1 Å². The highest BCUT2D eigenvalue weighted by molar-refractivity contribution is 9.10. The largest absolute Gasteiger partial charge is 0.493 e. The number of aliphatic hydroxyl groups is 2. The molecule has 1 heterocycles. The van der Waals surface area contributed by atoms with Gasteiger partial charge in [-0.1, -0.05) is 13.0 Å². The summed E-state index contributed by atoms with van der Waals surface area (Å²) in [5, 5.41) is 23.2. The molecule has 3 rings (SSSR count). The topological polar surface area (TPSA) is 89.4 Å². The fraction of sp³-hybridized carbons (Fsp3) is 0.455. The summed E-state index contributed by atoms with van der Waals surface area (Å²) in [6, 6.07) is 9.23. The van der Waals surface area contributed by atoms with Gasteiger partial charge in [0.1, 0.15) is 25.9 Å². The second-order valence-corrected chi connectivity index (χ2v) is 7.86.